The molecule has 0 aliphatic heterocycles. The molecule has 0 atom stereocenters. The molecule has 16 heavy (non-hydrogen) atoms. The van der Waals surface area contributed by atoms with E-state index in [0.717, 1.165) is 12.8 Å². The van der Waals surface area contributed by atoms with Crippen molar-refractivity contribution in [3.05, 3.63) is 27.4 Å². The van der Waals surface area contributed by atoms with E-state index in [2.05, 4.69) is 10.3 Å². The third kappa shape index (κ3) is 2.07. The number of aliphatic hydroxyl groups excluding tert-OH is 1. The number of aromatic nitrogens is 1. The number of rotatable bonds is 4. The van der Waals surface area contributed by atoms with Crippen molar-refractivity contribution in [1.82, 2.24) is 4.98 Å². The fourth-order valence-electron chi connectivity index (χ4n) is 1.39. The summed E-state index contributed by atoms with van der Waals surface area (Å²) >= 11 is 5.64. The van der Waals surface area contributed by atoms with Crippen LogP contribution in [0, 0.1) is 10.1 Å². The van der Waals surface area contributed by atoms with Gasteiger partial charge in [-0.05, 0) is 12.8 Å². The van der Waals surface area contributed by atoms with Crippen LogP contribution in [0.3, 0.4) is 0 Å². The van der Waals surface area contributed by atoms with Gasteiger partial charge in [0.05, 0.1) is 22.1 Å². The molecule has 1 aliphatic rings. The Morgan fingerprint density at radius 3 is 2.88 bits per heavy atom. The van der Waals surface area contributed by atoms with Crippen LogP contribution in [0.15, 0.2) is 12.3 Å². The fraction of sp³-hybridized carbons (Fsp3) is 0.444. The number of nitrogens with one attached hydrogen (secondary N) is 1. The Balaban J connectivity index is 2.29. The van der Waals surface area contributed by atoms with Crippen molar-refractivity contribution in [3.8, 4) is 0 Å². The number of anilines is 1. The van der Waals surface area contributed by atoms with E-state index in [1.165, 1.54) is 12.3 Å². The Morgan fingerprint density at radius 2 is 2.38 bits per heavy atom. The minimum atomic E-state index is -0.547. The summed E-state index contributed by atoms with van der Waals surface area (Å²) in [6, 6.07) is 1.24. The minimum absolute atomic E-state index is 0.0611. The maximum Gasteiger partial charge on any atom is 0.312 e. The molecule has 1 aromatic rings. The van der Waals surface area contributed by atoms with Crippen molar-refractivity contribution in [2.75, 3.05) is 11.9 Å². The molecule has 2 rings (SSSR count). The van der Waals surface area contributed by atoms with Crippen LogP contribution in [0.4, 0.5) is 11.5 Å². The van der Waals surface area contributed by atoms with Crippen molar-refractivity contribution in [1.29, 1.82) is 0 Å². The molecule has 0 spiro atoms. The van der Waals surface area contributed by atoms with Gasteiger partial charge in [0.2, 0.25) is 5.82 Å². The molecule has 0 saturated heterocycles. The van der Waals surface area contributed by atoms with Gasteiger partial charge in [0.15, 0.2) is 0 Å². The van der Waals surface area contributed by atoms with Gasteiger partial charge in [0, 0.05) is 12.3 Å². The van der Waals surface area contributed by atoms with Crippen LogP contribution >= 0.6 is 11.6 Å². The number of aliphatic hydroxyl groups is 1. The smallest absolute Gasteiger partial charge is 0.312 e. The molecule has 86 valence electrons. The Kier molecular flexibility index (Phi) is 2.69. The molecule has 0 radical (unpaired) electrons. The average molecular weight is 244 g/mol. The van der Waals surface area contributed by atoms with Gasteiger partial charge in [0.25, 0.3) is 0 Å². The number of halogens is 1. The molecule has 1 fully saturated rings. The Hall–Kier alpha value is -1.40. The molecule has 0 amide bonds. The van der Waals surface area contributed by atoms with Crippen LogP contribution in [-0.2, 0) is 0 Å². The molecule has 2 N–H and O–H groups in total. The second-order valence-electron chi connectivity index (χ2n) is 3.84. The van der Waals surface area contributed by atoms with Gasteiger partial charge in [-0.1, -0.05) is 11.6 Å². The first-order valence-corrected chi connectivity index (χ1v) is 5.13. The SMILES string of the molecule is O=[N+]([O-])c1cc(Cl)cnc1NC1(CO)CC1. The molecule has 1 saturated carbocycles. The average Bonchev–Trinajstić information content (AvgIpc) is 3.01. The fourth-order valence-corrected chi connectivity index (χ4v) is 1.54. The summed E-state index contributed by atoms with van der Waals surface area (Å²) in [6.45, 7) is -0.0611. The summed E-state index contributed by atoms with van der Waals surface area (Å²) in [6.07, 6.45) is 2.90. The quantitative estimate of drug-likeness (QED) is 0.619. The predicted octanol–water partition coefficient (Wildman–Crippen LogP) is 1.58. The van der Waals surface area contributed by atoms with Crippen molar-refractivity contribution in [2.45, 2.75) is 18.4 Å². The summed E-state index contributed by atoms with van der Waals surface area (Å²) in [7, 11) is 0. The molecule has 0 aromatic carbocycles. The van der Waals surface area contributed by atoms with E-state index in [1.807, 2.05) is 0 Å². The third-order valence-corrected chi connectivity index (χ3v) is 2.78. The summed E-state index contributed by atoms with van der Waals surface area (Å²) < 4.78 is 0. The minimum Gasteiger partial charge on any atom is -0.394 e. The summed E-state index contributed by atoms with van der Waals surface area (Å²) in [5.74, 6) is 0.154. The van der Waals surface area contributed by atoms with E-state index in [1.54, 1.807) is 0 Å². The normalized spacial score (nSPS) is 16.9. The van der Waals surface area contributed by atoms with Gasteiger partial charge in [-0.25, -0.2) is 4.98 Å². The first-order valence-electron chi connectivity index (χ1n) is 4.75. The summed E-state index contributed by atoms with van der Waals surface area (Å²) in [5.41, 5.74) is -0.613. The zero-order valence-electron chi connectivity index (χ0n) is 8.31. The van der Waals surface area contributed by atoms with Gasteiger partial charge in [-0.15, -0.1) is 0 Å². The molecule has 1 aliphatic carbocycles. The standard InChI is InChI=1S/C9H10ClN3O3/c10-6-3-7(13(15)16)8(11-4-6)12-9(5-14)1-2-9/h3-4,14H,1-2,5H2,(H,11,12). The van der Waals surface area contributed by atoms with Crippen LogP contribution in [0.2, 0.25) is 5.02 Å². The highest BCUT2D eigenvalue weighted by Gasteiger charge is 2.43. The van der Waals surface area contributed by atoms with Crippen molar-refractivity contribution in [2.24, 2.45) is 0 Å². The Bertz CT molecular complexity index is 434. The van der Waals surface area contributed by atoms with Crippen molar-refractivity contribution >= 4 is 23.1 Å². The second-order valence-corrected chi connectivity index (χ2v) is 4.28. The maximum absolute atomic E-state index is 10.8. The molecular formula is C9H10ClN3O3. The van der Waals surface area contributed by atoms with Gasteiger partial charge in [-0.2, -0.15) is 0 Å². The lowest BCUT2D eigenvalue weighted by molar-refractivity contribution is -0.384. The first-order chi connectivity index (χ1) is 7.56. The Labute approximate surface area is 96.4 Å². The predicted molar refractivity (Wildman–Crippen MR) is 58.6 cm³/mol. The van der Waals surface area contributed by atoms with Gasteiger partial charge in [0.1, 0.15) is 0 Å². The van der Waals surface area contributed by atoms with E-state index in [4.69, 9.17) is 16.7 Å². The van der Waals surface area contributed by atoms with Crippen molar-refractivity contribution < 1.29 is 10.0 Å². The topological polar surface area (TPSA) is 88.3 Å². The lowest BCUT2D eigenvalue weighted by atomic mass is 10.3. The van der Waals surface area contributed by atoms with E-state index < -0.39 is 10.5 Å². The third-order valence-electron chi connectivity index (χ3n) is 2.57. The first kappa shape index (κ1) is 11.1. The summed E-state index contributed by atoms with van der Waals surface area (Å²) in [5, 5.41) is 23.0. The van der Waals surface area contributed by atoms with Crippen LogP contribution in [0.5, 0.6) is 0 Å². The van der Waals surface area contributed by atoms with Crippen LogP contribution in [0.1, 0.15) is 12.8 Å². The molecule has 1 aromatic heterocycles. The van der Waals surface area contributed by atoms with E-state index in [9.17, 15) is 10.1 Å². The maximum atomic E-state index is 10.8. The van der Waals surface area contributed by atoms with Crippen molar-refractivity contribution in [3.63, 3.8) is 0 Å². The zero-order valence-corrected chi connectivity index (χ0v) is 9.07. The lowest BCUT2D eigenvalue weighted by Crippen LogP contribution is -2.26. The molecule has 0 bridgehead atoms. The highest BCUT2D eigenvalue weighted by atomic mass is 35.5. The van der Waals surface area contributed by atoms with Crippen LogP contribution in [-0.4, -0.2) is 27.2 Å². The number of hydrogen-bond donors (Lipinski definition) is 2. The lowest BCUT2D eigenvalue weighted by Gasteiger charge is -2.14. The number of nitro groups is 1. The molecular weight excluding hydrogens is 234 g/mol. The molecule has 1 heterocycles. The highest BCUT2D eigenvalue weighted by molar-refractivity contribution is 6.30. The molecule has 7 heteroatoms. The van der Waals surface area contributed by atoms with Crippen LogP contribution < -0.4 is 5.32 Å². The Morgan fingerprint density at radius 1 is 1.69 bits per heavy atom. The van der Waals surface area contributed by atoms with Gasteiger partial charge < -0.3 is 10.4 Å². The highest BCUT2D eigenvalue weighted by Crippen LogP contribution is 2.40. The number of nitrogens with zero attached hydrogens (tertiary/aromatic N) is 2. The number of hydrogen-bond acceptors (Lipinski definition) is 5. The van der Waals surface area contributed by atoms with E-state index in [-0.39, 0.29) is 23.1 Å². The van der Waals surface area contributed by atoms with E-state index >= 15 is 0 Å². The largest absolute Gasteiger partial charge is 0.394 e. The summed E-state index contributed by atoms with van der Waals surface area (Å²) in [4.78, 5) is 14.1. The molecule has 6 nitrogen and oxygen atoms in total. The monoisotopic (exact) mass is 243 g/mol. The van der Waals surface area contributed by atoms with E-state index in [0.29, 0.717) is 0 Å². The second kappa shape index (κ2) is 3.88. The number of pyridine rings is 1. The van der Waals surface area contributed by atoms with Gasteiger partial charge in [-0.3, -0.25) is 10.1 Å². The van der Waals surface area contributed by atoms with Crippen LogP contribution in [0.25, 0.3) is 0 Å². The zero-order chi connectivity index (χ0) is 11.8. The molecule has 0 unspecified atom stereocenters. The van der Waals surface area contributed by atoms with Gasteiger partial charge >= 0.3 is 5.69 Å².